The zero-order valence-electron chi connectivity index (χ0n) is 12.6. The minimum Gasteiger partial charge on any atom is -0.353 e. The second-order valence-corrected chi connectivity index (χ2v) is 7.96. The van der Waals surface area contributed by atoms with E-state index >= 15 is 0 Å². The highest BCUT2D eigenvalue weighted by atomic mass is 16.2. The number of hydrogen-bond acceptors (Lipinski definition) is 2. The van der Waals surface area contributed by atoms with Crippen molar-refractivity contribution in [3.63, 3.8) is 0 Å². The van der Waals surface area contributed by atoms with Gasteiger partial charge in [0.2, 0.25) is 5.91 Å². The molecule has 5 fully saturated rings. The minimum absolute atomic E-state index is 0.195. The summed E-state index contributed by atoms with van der Waals surface area (Å²) in [6.45, 7) is 3.24. The molecule has 4 aliphatic carbocycles. The van der Waals surface area contributed by atoms with Gasteiger partial charge < -0.3 is 10.6 Å². The third-order valence-corrected chi connectivity index (χ3v) is 6.63. The Morgan fingerprint density at radius 3 is 2.30 bits per heavy atom. The lowest BCUT2D eigenvalue weighted by Crippen LogP contribution is -2.58. The Morgan fingerprint density at radius 1 is 1.05 bits per heavy atom. The molecular weight excluding hydrogens is 248 g/mol. The van der Waals surface area contributed by atoms with Crippen molar-refractivity contribution in [1.29, 1.82) is 0 Å². The second-order valence-electron chi connectivity index (χ2n) is 7.96. The van der Waals surface area contributed by atoms with Crippen LogP contribution in [0.15, 0.2) is 0 Å². The molecule has 0 radical (unpaired) electrons. The van der Waals surface area contributed by atoms with Crippen molar-refractivity contribution in [3.8, 4) is 0 Å². The first-order valence-corrected chi connectivity index (χ1v) is 8.74. The maximum absolute atomic E-state index is 12.6. The quantitative estimate of drug-likeness (QED) is 0.812. The summed E-state index contributed by atoms with van der Waals surface area (Å²) in [5, 5.41) is 6.94. The van der Waals surface area contributed by atoms with Crippen molar-refractivity contribution in [2.75, 3.05) is 6.54 Å². The number of amides is 1. The molecule has 20 heavy (non-hydrogen) atoms. The first kappa shape index (κ1) is 13.1. The van der Waals surface area contributed by atoms with E-state index in [0.29, 0.717) is 18.0 Å². The maximum atomic E-state index is 12.6. The van der Waals surface area contributed by atoms with Crippen LogP contribution in [0.3, 0.4) is 0 Å². The van der Waals surface area contributed by atoms with Gasteiger partial charge in [-0.25, -0.2) is 0 Å². The van der Waals surface area contributed by atoms with Gasteiger partial charge in [0.15, 0.2) is 0 Å². The summed E-state index contributed by atoms with van der Waals surface area (Å²) in [5.41, 5.74) is 0. The van der Waals surface area contributed by atoms with Crippen LogP contribution in [-0.2, 0) is 4.79 Å². The zero-order valence-corrected chi connectivity index (χ0v) is 12.6. The number of nitrogens with one attached hydrogen (secondary N) is 2. The van der Waals surface area contributed by atoms with Crippen LogP contribution in [0.4, 0.5) is 0 Å². The lowest BCUT2D eigenvalue weighted by Gasteiger charge is -2.54. The summed E-state index contributed by atoms with van der Waals surface area (Å²) < 4.78 is 0. The molecule has 4 bridgehead atoms. The fraction of sp³-hybridized carbons (Fsp3) is 0.941. The van der Waals surface area contributed by atoms with Crippen LogP contribution >= 0.6 is 0 Å². The Balaban J connectivity index is 1.42. The van der Waals surface area contributed by atoms with Crippen LogP contribution in [0.25, 0.3) is 0 Å². The molecule has 0 aromatic rings. The van der Waals surface area contributed by atoms with Crippen LogP contribution in [0.5, 0.6) is 0 Å². The topological polar surface area (TPSA) is 41.1 Å². The van der Waals surface area contributed by atoms with E-state index in [4.69, 9.17) is 0 Å². The molecule has 1 heterocycles. The highest BCUT2D eigenvalue weighted by Gasteiger charge is 2.49. The van der Waals surface area contributed by atoms with E-state index in [2.05, 4.69) is 17.6 Å². The van der Waals surface area contributed by atoms with Gasteiger partial charge >= 0.3 is 0 Å². The SMILES string of the molecule is CC1NCCCC1C(=O)NC1C2CC3CC(C2)CC1C3. The summed E-state index contributed by atoms with van der Waals surface area (Å²) in [6, 6.07) is 0.852. The molecular formula is C17H28N2O. The van der Waals surface area contributed by atoms with Crippen molar-refractivity contribution in [3.05, 3.63) is 0 Å². The molecule has 5 aliphatic rings. The zero-order chi connectivity index (χ0) is 13.7. The fourth-order valence-corrected chi connectivity index (χ4v) is 5.83. The molecule has 2 atom stereocenters. The average molecular weight is 276 g/mol. The van der Waals surface area contributed by atoms with Gasteiger partial charge in [-0.2, -0.15) is 0 Å². The molecule has 1 aliphatic heterocycles. The van der Waals surface area contributed by atoms with Crippen LogP contribution in [-0.4, -0.2) is 24.5 Å². The van der Waals surface area contributed by atoms with Crippen molar-refractivity contribution >= 4 is 5.91 Å². The third kappa shape index (κ3) is 2.18. The molecule has 0 aromatic carbocycles. The van der Waals surface area contributed by atoms with Crippen molar-refractivity contribution in [1.82, 2.24) is 10.6 Å². The molecule has 4 saturated carbocycles. The first-order chi connectivity index (χ1) is 9.70. The molecule has 2 N–H and O–H groups in total. The lowest BCUT2D eigenvalue weighted by molar-refractivity contribution is -0.130. The van der Waals surface area contributed by atoms with Crippen molar-refractivity contribution in [2.24, 2.45) is 29.6 Å². The minimum atomic E-state index is 0.195. The summed E-state index contributed by atoms with van der Waals surface area (Å²) in [5.74, 6) is 4.09. The Labute approximate surface area is 122 Å². The highest BCUT2D eigenvalue weighted by molar-refractivity contribution is 5.79. The Bertz CT molecular complexity index is 366. The molecule has 1 amide bonds. The second kappa shape index (κ2) is 5.01. The number of carbonyl (C=O) groups excluding carboxylic acids is 1. The lowest BCUT2D eigenvalue weighted by atomic mass is 9.54. The average Bonchev–Trinajstić information content (AvgIpc) is 2.42. The highest BCUT2D eigenvalue weighted by Crippen LogP contribution is 2.53. The predicted molar refractivity (Wildman–Crippen MR) is 79.2 cm³/mol. The Morgan fingerprint density at radius 2 is 1.70 bits per heavy atom. The van der Waals surface area contributed by atoms with Gasteiger partial charge in [-0.1, -0.05) is 0 Å². The van der Waals surface area contributed by atoms with Crippen LogP contribution in [0.1, 0.15) is 51.9 Å². The van der Waals surface area contributed by atoms with E-state index in [1.54, 1.807) is 0 Å². The number of piperidine rings is 1. The predicted octanol–water partition coefficient (Wildman–Crippen LogP) is 2.32. The van der Waals surface area contributed by atoms with Crippen LogP contribution in [0, 0.1) is 29.6 Å². The van der Waals surface area contributed by atoms with Gasteiger partial charge in [0, 0.05) is 12.1 Å². The first-order valence-electron chi connectivity index (χ1n) is 8.74. The van der Waals surface area contributed by atoms with Gasteiger partial charge in [-0.05, 0) is 82.1 Å². The normalized spacial score (nSPS) is 50.1. The van der Waals surface area contributed by atoms with Gasteiger partial charge in [0.1, 0.15) is 0 Å². The molecule has 5 rings (SSSR count). The van der Waals surface area contributed by atoms with E-state index in [9.17, 15) is 4.79 Å². The van der Waals surface area contributed by atoms with E-state index < -0.39 is 0 Å². The monoisotopic (exact) mass is 276 g/mol. The van der Waals surface area contributed by atoms with Crippen LogP contribution in [0.2, 0.25) is 0 Å². The van der Waals surface area contributed by atoms with Crippen molar-refractivity contribution in [2.45, 2.75) is 64.0 Å². The summed E-state index contributed by atoms with van der Waals surface area (Å²) in [6.07, 6.45) is 9.23. The van der Waals surface area contributed by atoms with E-state index in [1.165, 1.54) is 32.1 Å². The number of rotatable bonds is 2. The summed E-state index contributed by atoms with van der Waals surface area (Å²) in [7, 11) is 0. The number of carbonyl (C=O) groups is 1. The Kier molecular flexibility index (Phi) is 3.29. The number of hydrogen-bond donors (Lipinski definition) is 2. The Hall–Kier alpha value is -0.570. The molecule has 1 saturated heterocycles. The molecule has 2 unspecified atom stereocenters. The maximum Gasteiger partial charge on any atom is 0.224 e. The van der Waals surface area contributed by atoms with Gasteiger partial charge in [-0.15, -0.1) is 0 Å². The summed E-state index contributed by atoms with van der Waals surface area (Å²) >= 11 is 0. The molecule has 3 heteroatoms. The smallest absolute Gasteiger partial charge is 0.224 e. The summed E-state index contributed by atoms with van der Waals surface area (Å²) in [4.78, 5) is 12.6. The molecule has 3 nitrogen and oxygen atoms in total. The molecule has 0 spiro atoms. The van der Waals surface area contributed by atoms with E-state index in [-0.39, 0.29) is 5.92 Å². The molecule has 112 valence electrons. The fourth-order valence-electron chi connectivity index (χ4n) is 5.83. The standard InChI is InChI=1S/C17H28N2O/c1-10-15(3-2-4-18-10)17(20)19-16-13-6-11-5-12(8-13)9-14(16)7-11/h10-16,18H,2-9H2,1H3,(H,19,20). The van der Waals surface area contributed by atoms with E-state index in [0.717, 1.165) is 43.1 Å². The van der Waals surface area contributed by atoms with Gasteiger partial charge in [-0.3, -0.25) is 4.79 Å². The largest absolute Gasteiger partial charge is 0.353 e. The van der Waals surface area contributed by atoms with Gasteiger partial charge in [0.05, 0.1) is 5.92 Å². The van der Waals surface area contributed by atoms with Crippen LogP contribution < -0.4 is 10.6 Å². The van der Waals surface area contributed by atoms with Gasteiger partial charge in [0.25, 0.3) is 0 Å². The molecule has 0 aromatic heterocycles. The third-order valence-electron chi connectivity index (χ3n) is 6.63. The van der Waals surface area contributed by atoms with Crippen molar-refractivity contribution < 1.29 is 4.79 Å². The van der Waals surface area contributed by atoms with E-state index in [1.807, 2.05) is 0 Å².